The molecule has 2 N–H and O–H groups in total. The Kier molecular flexibility index (Phi) is 5.66. The number of nitrogens with two attached hydrogens (primary N) is 1. The number of esters is 1. The molecule has 0 spiro atoms. The molecule has 1 aromatic heterocycles. The number of hydrogen-bond acceptors (Lipinski definition) is 6. The molecule has 0 saturated carbocycles. The smallest absolute Gasteiger partial charge is 0.338 e. The number of nitrogen functional groups attached to an aromatic ring is 1. The summed E-state index contributed by atoms with van der Waals surface area (Å²) in [5.41, 5.74) is 8.78. The Morgan fingerprint density at radius 2 is 1.81 bits per heavy atom. The van der Waals surface area contributed by atoms with Crippen molar-refractivity contribution >= 4 is 17.4 Å². The summed E-state index contributed by atoms with van der Waals surface area (Å²) in [6.45, 7) is 4.45. The van der Waals surface area contributed by atoms with Gasteiger partial charge in [0.05, 0.1) is 12.1 Å². The number of benzene rings is 2. The molecule has 2 aromatic carbocycles. The number of hydrogen-bond donors (Lipinski definition) is 1. The zero-order chi connectivity index (χ0) is 22.0. The minimum absolute atomic E-state index is 0.175. The maximum Gasteiger partial charge on any atom is 0.338 e. The lowest BCUT2D eigenvalue weighted by Gasteiger charge is -2.27. The molecular formula is C24H24N2O5. The van der Waals surface area contributed by atoms with Crippen molar-refractivity contribution in [2.75, 3.05) is 18.9 Å². The molecule has 1 aliphatic heterocycles. The van der Waals surface area contributed by atoms with Crippen molar-refractivity contribution in [3.63, 3.8) is 0 Å². The number of carbonyl (C=O) groups is 2. The first-order chi connectivity index (χ1) is 14.9. The minimum atomic E-state index is -0.562. The molecule has 2 heterocycles. The monoisotopic (exact) mass is 420 g/mol. The molecule has 3 aromatic rings. The number of Topliss-reactive ketones (excluding diaryl/α,β-unsaturated/α-hetero) is 1. The van der Waals surface area contributed by atoms with E-state index in [1.165, 1.54) is 0 Å². The Bertz CT molecular complexity index is 1120. The van der Waals surface area contributed by atoms with Gasteiger partial charge in [-0.05, 0) is 56.3 Å². The van der Waals surface area contributed by atoms with Crippen molar-refractivity contribution in [2.24, 2.45) is 0 Å². The van der Waals surface area contributed by atoms with E-state index >= 15 is 0 Å². The fourth-order valence-corrected chi connectivity index (χ4v) is 3.63. The summed E-state index contributed by atoms with van der Waals surface area (Å²) in [6, 6.07) is 15.7. The molecule has 4 rings (SSSR count). The van der Waals surface area contributed by atoms with Crippen molar-refractivity contribution in [1.29, 1.82) is 0 Å². The molecule has 7 nitrogen and oxygen atoms in total. The van der Waals surface area contributed by atoms with Gasteiger partial charge in [0.25, 0.3) is 0 Å². The number of ether oxygens (including phenoxy) is 3. The summed E-state index contributed by atoms with van der Waals surface area (Å²) in [4.78, 5) is 24.9. The number of nitrogens with zero attached hydrogens (tertiary/aromatic N) is 1. The van der Waals surface area contributed by atoms with E-state index in [0.717, 1.165) is 17.1 Å². The number of aryl methyl sites for hydroxylation is 1. The van der Waals surface area contributed by atoms with Gasteiger partial charge in [0.1, 0.15) is 6.61 Å². The van der Waals surface area contributed by atoms with Gasteiger partial charge in [-0.25, -0.2) is 4.79 Å². The molecule has 0 bridgehead atoms. The van der Waals surface area contributed by atoms with Crippen LogP contribution in [0.25, 0.3) is 0 Å². The second-order valence-electron chi connectivity index (χ2n) is 7.51. The van der Waals surface area contributed by atoms with Crippen LogP contribution in [-0.4, -0.2) is 35.6 Å². The second-order valence-corrected chi connectivity index (χ2v) is 7.51. The molecule has 0 saturated heterocycles. The Hall–Kier alpha value is -3.74. The fourth-order valence-electron chi connectivity index (χ4n) is 3.63. The Balaban J connectivity index is 1.41. The lowest BCUT2D eigenvalue weighted by atomic mass is 10.1. The summed E-state index contributed by atoms with van der Waals surface area (Å²) >= 11 is 0. The normalized spacial score (nSPS) is 14.8. The molecule has 0 amide bonds. The van der Waals surface area contributed by atoms with E-state index < -0.39 is 5.97 Å². The Morgan fingerprint density at radius 3 is 2.55 bits per heavy atom. The number of ketones is 1. The van der Waals surface area contributed by atoms with Crippen LogP contribution in [0.1, 0.15) is 32.1 Å². The number of fused-ring (bicyclic) bond motifs is 1. The standard InChI is InChI=1S/C24H24N2O5/c1-15-11-20(21(27)14-30-24(28)17-7-9-18(25)10-8-17)16(2)26(15)12-19-13-29-22-5-3-4-6-23(22)31-19/h3-11,19H,12-14,25H2,1-2H3/t19-/m1/s1. The van der Waals surface area contributed by atoms with Gasteiger partial charge in [0.15, 0.2) is 24.2 Å². The number of rotatable bonds is 6. The van der Waals surface area contributed by atoms with Crippen LogP contribution in [-0.2, 0) is 11.3 Å². The zero-order valence-electron chi connectivity index (χ0n) is 17.5. The van der Waals surface area contributed by atoms with Gasteiger partial charge < -0.3 is 24.5 Å². The van der Waals surface area contributed by atoms with Gasteiger partial charge in [0.2, 0.25) is 5.78 Å². The lowest BCUT2D eigenvalue weighted by Crippen LogP contribution is -2.33. The van der Waals surface area contributed by atoms with E-state index in [2.05, 4.69) is 0 Å². The summed E-state index contributed by atoms with van der Waals surface area (Å²) in [7, 11) is 0. The van der Waals surface area contributed by atoms with E-state index in [1.54, 1.807) is 24.3 Å². The summed E-state index contributed by atoms with van der Waals surface area (Å²) in [6.07, 6.45) is -0.175. The van der Waals surface area contributed by atoms with Crippen LogP contribution in [0.15, 0.2) is 54.6 Å². The van der Waals surface area contributed by atoms with Gasteiger partial charge >= 0.3 is 5.97 Å². The number of aromatic nitrogens is 1. The third-order valence-corrected chi connectivity index (χ3v) is 5.31. The van der Waals surface area contributed by atoms with Crippen molar-refractivity contribution in [2.45, 2.75) is 26.5 Å². The molecule has 0 unspecified atom stereocenters. The minimum Gasteiger partial charge on any atom is -0.486 e. The largest absolute Gasteiger partial charge is 0.486 e. The van der Waals surface area contributed by atoms with Crippen molar-refractivity contribution < 1.29 is 23.8 Å². The lowest BCUT2D eigenvalue weighted by molar-refractivity contribution is 0.0474. The predicted octanol–water partition coefficient (Wildman–Crippen LogP) is 3.57. The quantitative estimate of drug-likeness (QED) is 0.372. The molecular weight excluding hydrogens is 396 g/mol. The first-order valence-electron chi connectivity index (χ1n) is 10.0. The highest BCUT2D eigenvalue weighted by molar-refractivity contribution is 6.00. The highest BCUT2D eigenvalue weighted by Crippen LogP contribution is 2.31. The average Bonchev–Trinajstić information content (AvgIpc) is 3.06. The molecule has 1 atom stereocenters. The Labute approximate surface area is 180 Å². The third kappa shape index (κ3) is 4.40. The van der Waals surface area contributed by atoms with Gasteiger partial charge in [-0.1, -0.05) is 12.1 Å². The number of carbonyl (C=O) groups excluding carboxylic acids is 2. The van der Waals surface area contributed by atoms with Gasteiger partial charge in [0, 0.05) is 22.6 Å². The zero-order valence-corrected chi connectivity index (χ0v) is 17.5. The van der Waals surface area contributed by atoms with Crippen LogP contribution < -0.4 is 15.2 Å². The number of anilines is 1. The number of para-hydroxylation sites is 2. The molecule has 0 radical (unpaired) electrons. The van der Waals surface area contributed by atoms with Crippen molar-refractivity contribution in [1.82, 2.24) is 4.57 Å². The van der Waals surface area contributed by atoms with Crippen LogP contribution in [0.4, 0.5) is 5.69 Å². The molecule has 160 valence electrons. The van der Waals surface area contributed by atoms with Crippen LogP contribution in [0.3, 0.4) is 0 Å². The van der Waals surface area contributed by atoms with Gasteiger partial charge in [-0.15, -0.1) is 0 Å². The first-order valence-corrected chi connectivity index (χ1v) is 10.0. The molecule has 0 fully saturated rings. The van der Waals surface area contributed by atoms with Crippen molar-refractivity contribution in [3.05, 3.63) is 77.1 Å². The highest BCUT2D eigenvalue weighted by Gasteiger charge is 2.24. The van der Waals surface area contributed by atoms with Crippen LogP contribution in [0, 0.1) is 13.8 Å². The van der Waals surface area contributed by atoms with E-state index in [-0.39, 0.29) is 18.5 Å². The first kappa shape index (κ1) is 20.5. The van der Waals surface area contributed by atoms with Crippen molar-refractivity contribution in [3.8, 4) is 11.5 Å². The van der Waals surface area contributed by atoms with E-state index in [4.69, 9.17) is 19.9 Å². The maximum atomic E-state index is 12.7. The topological polar surface area (TPSA) is 92.8 Å². The SMILES string of the molecule is Cc1cc(C(=O)COC(=O)c2ccc(N)cc2)c(C)n1C[C@@H]1COc2ccccc2O1. The average molecular weight is 420 g/mol. The Morgan fingerprint density at radius 1 is 1.10 bits per heavy atom. The van der Waals surface area contributed by atoms with E-state index in [1.807, 2.05) is 48.7 Å². The third-order valence-electron chi connectivity index (χ3n) is 5.31. The maximum absolute atomic E-state index is 12.7. The van der Waals surface area contributed by atoms with Gasteiger partial charge in [-0.3, -0.25) is 4.79 Å². The van der Waals surface area contributed by atoms with Crippen LogP contribution in [0.2, 0.25) is 0 Å². The second kappa shape index (κ2) is 8.55. The summed E-state index contributed by atoms with van der Waals surface area (Å²) in [5.74, 6) is 0.633. The summed E-state index contributed by atoms with van der Waals surface area (Å²) < 4.78 is 19.0. The van der Waals surface area contributed by atoms with Gasteiger partial charge in [-0.2, -0.15) is 0 Å². The molecule has 1 aliphatic rings. The molecule has 0 aliphatic carbocycles. The van der Waals surface area contributed by atoms with E-state index in [9.17, 15) is 9.59 Å². The highest BCUT2D eigenvalue weighted by atomic mass is 16.6. The fraction of sp³-hybridized carbons (Fsp3) is 0.250. The molecule has 7 heteroatoms. The van der Waals surface area contributed by atoms with E-state index in [0.29, 0.717) is 35.7 Å². The molecule has 31 heavy (non-hydrogen) atoms. The van der Waals surface area contributed by atoms with Crippen LogP contribution >= 0.6 is 0 Å². The van der Waals surface area contributed by atoms with Crippen LogP contribution in [0.5, 0.6) is 11.5 Å². The summed E-state index contributed by atoms with van der Waals surface area (Å²) in [5, 5.41) is 0. The predicted molar refractivity (Wildman–Crippen MR) is 116 cm³/mol.